The molecule has 1 N–H and O–H groups in total. The number of benzene rings is 1. The van der Waals surface area contributed by atoms with Crippen LogP contribution in [0.5, 0.6) is 0 Å². The fraction of sp³-hybridized carbons (Fsp3) is 0.731. The van der Waals surface area contributed by atoms with E-state index in [0.29, 0.717) is 92.5 Å². The molecule has 0 atom stereocenters. The molecule has 13 nitrogen and oxygen atoms in total. The van der Waals surface area contributed by atoms with Gasteiger partial charge in [-0.1, -0.05) is 17.7 Å². The van der Waals surface area contributed by atoms with Crippen molar-refractivity contribution in [3.8, 4) is 0 Å². The summed E-state index contributed by atoms with van der Waals surface area (Å²) in [5, 5.41) is 8.47. The second-order valence-electron chi connectivity index (χ2n) is 8.13. The van der Waals surface area contributed by atoms with E-state index < -0.39 is 16.1 Å². The smallest absolute Gasteiger partial charge is 0.305 e. The summed E-state index contributed by atoms with van der Waals surface area (Å²) < 4.78 is 71.7. The molecule has 0 fully saturated rings. The zero-order valence-electron chi connectivity index (χ0n) is 23.3. The number of hydrogen-bond acceptors (Lipinski definition) is 12. The summed E-state index contributed by atoms with van der Waals surface area (Å²) in [5.41, 5.74) is 0.971. The lowest BCUT2D eigenvalue weighted by molar-refractivity contribution is -0.138. The summed E-state index contributed by atoms with van der Waals surface area (Å²) in [6, 6.07) is 6.46. The Morgan fingerprint density at radius 2 is 0.850 bits per heavy atom. The molecule has 1 rings (SSSR count). The lowest BCUT2D eigenvalue weighted by Gasteiger charge is -2.09. The van der Waals surface area contributed by atoms with Gasteiger partial charge in [0, 0.05) is 0 Å². The Labute approximate surface area is 237 Å². The summed E-state index contributed by atoms with van der Waals surface area (Å²) in [6.45, 7) is 8.02. The van der Waals surface area contributed by atoms with E-state index in [-0.39, 0.29) is 31.1 Å². The first-order chi connectivity index (χ1) is 19.4. The van der Waals surface area contributed by atoms with Crippen molar-refractivity contribution in [1.82, 2.24) is 0 Å². The molecule has 0 saturated carbocycles. The maximum absolute atomic E-state index is 12.0. The maximum atomic E-state index is 12.0. The third-order valence-corrected chi connectivity index (χ3v) is 6.17. The summed E-state index contributed by atoms with van der Waals surface area (Å²) in [4.78, 5) is 10.4. The first-order valence-electron chi connectivity index (χ1n) is 13.2. The van der Waals surface area contributed by atoms with Gasteiger partial charge in [-0.05, 0) is 19.1 Å². The molecule has 0 bridgehead atoms. The normalized spacial score (nSPS) is 11.7. The molecule has 0 saturated heterocycles. The molecule has 0 spiro atoms. The van der Waals surface area contributed by atoms with Crippen molar-refractivity contribution in [2.24, 2.45) is 0 Å². The van der Waals surface area contributed by atoms with Gasteiger partial charge < -0.3 is 43.0 Å². The van der Waals surface area contributed by atoms with Gasteiger partial charge >= 0.3 is 5.97 Å². The van der Waals surface area contributed by atoms with Gasteiger partial charge in [0.25, 0.3) is 10.1 Å². The van der Waals surface area contributed by atoms with Crippen molar-refractivity contribution in [3.05, 3.63) is 29.8 Å². The van der Waals surface area contributed by atoms with Crippen LogP contribution in [0.4, 0.5) is 0 Å². The van der Waals surface area contributed by atoms with E-state index >= 15 is 0 Å². The van der Waals surface area contributed by atoms with E-state index in [1.165, 1.54) is 12.1 Å². The van der Waals surface area contributed by atoms with Crippen LogP contribution in [0.3, 0.4) is 0 Å². The SMILES string of the molecule is Cc1ccc(S(=O)(=O)OCCOCCOCCOCCOCCOCCOCCOCCOCCC(=O)O)cc1. The van der Waals surface area contributed by atoms with E-state index in [4.69, 9.17) is 47.2 Å². The van der Waals surface area contributed by atoms with Crippen molar-refractivity contribution in [2.75, 3.05) is 112 Å². The summed E-state index contributed by atoms with van der Waals surface area (Å²) in [5.74, 6) is -0.882. The predicted octanol–water partition coefficient (Wildman–Crippen LogP) is 1.31. The quantitative estimate of drug-likeness (QED) is 0.104. The minimum atomic E-state index is -3.77. The highest BCUT2D eigenvalue weighted by atomic mass is 32.2. The number of rotatable bonds is 29. The number of hydrogen-bond donors (Lipinski definition) is 1. The molecular formula is C26H44O13S. The van der Waals surface area contributed by atoms with E-state index in [1.807, 2.05) is 6.92 Å². The standard InChI is InChI=1S/C26H44O13S/c1-24-2-4-25(5-3-24)40(29,30)39-23-22-38-21-20-37-19-18-36-17-16-35-15-14-34-13-12-33-11-10-32-9-8-31-7-6-26(27)28/h2-5H,6-23H2,1H3,(H,27,28). The first kappa shape index (κ1) is 36.3. The summed E-state index contributed by atoms with van der Waals surface area (Å²) in [7, 11) is -3.77. The zero-order chi connectivity index (χ0) is 29.2. The molecule has 0 unspecified atom stereocenters. The number of ether oxygens (including phenoxy) is 8. The lowest BCUT2D eigenvalue weighted by atomic mass is 10.2. The van der Waals surface area contributed by atoms with Crippen LogP contribution in [-0.4, -0.2) is 132 Å². The van der Waals surface area contributed by atoms with Crippen molar-refractivity contribution < 1.29 is 60.4 Å². The molecule has 40 heavy (non-hydrogen) atoms. The monoisotopic (exact) mass is 596 g/mol. The van der Waals surface area contributed by atoms with Crippen LogP contribution < -0.4 is 0 Å². The molecule has 0 aliphatic carbocycles. The molecule has 1 aromatic carbocycles. The Hall–Kier alpha value is -1.72. The van der Waals surface area contributed by atoms with Crippen LogP contribution in [0.15, 0.2) is 29.2 Å². The van der Waals surface area contributed by atoms with E-state index in [2.05, 4.69) is 0 Å². The molecule has 232 valence electrons. The zero-order valence-corrected chi connectivity index (χ0v) is 24.1. The second kappa shape index (κ2) is 25.0. The van der Waals surface area contributed by atoms with Crippen LogP contribution in [-0.2, 0) is 57.0 Å². The van der Waals surface area contributed by atoms with Gasteiger partial charge in [-0.15, -0.1) is 0 Å². The van der Waals surface area contributed by atoms with Crippen LogP contribution in [0.25, 0.3) is 0 Å². The highest BCUT2D eigenvalue weighted by Crippen LogP contribution is 2.12. The van der Waals surface area contributed by atoms with Crippen LogP contribution in [0.2, 0.25) is 0 Å². The number of aryl methyl sites for hydroxylation is 1. The minimum absolute atomic E-state index is 0.0103. The van der Waals surface area contributed by atoms with E-state index in [0.717, 1.165) is 5.56 Å². The van der Waals surface area contributed by atoms with E-state index in [9.17, 15) is 13.2 Å². The topological polar surface area (TPSA) is 155 Å². The molecule has 0 heterocycles. The Kier molecular flexibility index (Phi) is 22.7. The number of carbonyl (C=O) groups is 1. The van der Waals surface area contributed by atoms with Gasteiger partial charge in [0.2, 0.25) is 0 Å². The summed E-state index contributed by atoms with van der Waals surface area (Å²) in [6.07, 6.45) is -0.0103. The first-order valence-corrected chi connectivity index (χ1v) is 14.6. The average molecular weight is 597 g/mol. The van der Waals surface area contributed by atoms with Gasteiger partial charge in [0.05, 0.1) is 124 Å². The van der Waals surface area contributed by atoms with Crippen molar-refractivity contribution in [1.29, 1.82) is 0 Å². The van der Waals surface area contributed by atoms with Gasteiger partial charge in [0.1, 0.15) is 0 Å². The second-order valence-corrected chi connectivity index (χ2v) is 9.75. The van der Waals surface area contributed by atoms with Gasteiger partial charge in [-0.2, -0.15) is 8.42 Å². The number of carboxylic acid groups (broad SMARTS) is 1. The highest BCUT2D eigenvalue weighted by Gasteiger charge is 2.14. The fourth-order valence-electron chi connectivity index (χ4n) is 2.78. The number of aliphatic carboxylic acids is 1. The number of carboxylic acids is 1. The predicted molar refractivity (Wildman–Crippen MR) is 143 cm³/mol. The van der Waals surface area contributed by atoms with Crippen LogP contribution in [0.1, 0.15) is 12.0 Å². The highest BCUT2D eigenvalue weighted by molar-refractivity contribution is 7.86. The molecule has 0 amide bonds. The molecular weight excluding hydrogens is 552 g/mol. The van der Waals surface area contributed by atoms with Gasteiger partial charge in [-0.25, -0.2) is 0 Å². The van der Waals surface area contributed by atoms with Crippen LogP contribution in [0, 0.1) is 6.92 Å². The van der Waals surface area contributed by atoms with Crippen LogP contribution >= 0.6 is 0 Å². The molecule has 14 heteroatoms. The van der Waals surface area contributed by atoms with Gasteiger partial charge in [0.15, 0.2) is 0 Å². The molecule has 0 aromatic heterocycles. The van der Waals surface area contributed by atoms with Crippen molar-refractivity contribution in [2.45, 2.75) is 18.2 Å². The van der Waals surface area contributed by atoms with E-state index in [1.54, 1.807) is 12.1 Å². The maximum Gasteiger partial charge on any atom is 0.305 e. The third kappa shape index (κ3) is 22.0. The molecule has 0 radical (unpaired) electrons. The molecule has 1 aromatic rings. The fourth-order valence-corrected chi connectivity index (χ4v) is 3.67. The Morgan fingerprint density at radius 1 is 0.550 bits per heavy atom. The van der Waals surface area contributed by atoms with Crippen molar-refractivity contribution in [3.63, 3.8) is 0 Å². The largest absolute Gasteiger partial charge is 0.481 e. The molecule has 0 aliphatic heterocycles. The Morgan fingerprint density at radius 3 is 1.18 bits per heavy atom. The van der Waals surface area contributed by atoms with Crippen molar-refractivity contribution >= 4 is 16.1 Å². The Balaban J connectivity index is 1.72. The average Bonchev–Trinajstić information content (AvgIpc) is 2.92. The molecule has 0 aliphatic rings. The lowest BCUT2D eigenvalue weighted by Crippen LogP contribution is -2.15. The summed E-state index contributed by atoms with van der Waals surface area (Å²) >= 11 is 0. The Bertz CT molecular complexity index is 834. The minimum Gasteiger partial charge on any atom is -0.481 e. The van der Waals surface area contributed by atoms with Gasteiger partial charge in [-0.3, -0.25) is 8.98 Å². The third-order valence-electron chi connectivity index (χ3n) is 4.84.